The largest absolute Gasteiger partial charge is 0.255 e. The topological polar surface area (TPSA) is 25.8 Å². The van der Waals surface area contributed by atoms with E-state index in [2.05, 4.69) is 120 Å². The molecule has 0 saturated heterocycles. The smallest absolute Gasteiger partial charge is 0.0894 e. The Hall–Kier alpha value is -3.82. The third-order valence-corrected chi connectivity index (χ3v) is 7.79. The van der Waals surface area contributed by atoms with Crippen LogP contribution in [0, 0.1) is 6.92 Å². The lowest BCUT2D eigenvalue weighted by Crippen LogP contribution is -2.17. The van der Waals surface area contributed by atoms with Gasteiger partial charge in [0.1, 0.15) is 0 Å². The van der Waals surface area contributed by atoms with Crippen LogP contribution in [-0.2, 0) is 5.41 Å². The summed E-state index contributed by atoms with van der Waals surface area (Å²) in [7, 11) is 0. The van der Waals surface area contributed by atoms with Crippen LogP contribution in [0.15, 0.2) is 114 Å². The van der Waals surface area contributed by atoms with Gasteiger partial charge in [-0.2, -0.15) is 0 Å². The number of aromatic nitrogens is 2. The van der Waals surface area contributed by atoms with E-state index in [1.807, 2.05) is 18.2 Å². The highest BCUT2D eigenvalue weighted by molar-refractivity contribution is 9.10. The zero-order chi connectivity index (χ0) is 24.9. The van der Waals surface area contributed by atoms with Gasteiger partial charge in [0, 0.05) is 27.2 Å². The minimum atomic E-state index is -0.244. The number of benzene rings is 3. The minimum Gasteiger partial charge on any atom is -0.255 e. The van der Waals surface area contributed by atoms with E-state index in [4.69, 9.17) is 4.98 Å². The van der Waals surface area contributed by atoms with Gasteiger partial charge in [0.05, 0.1) is 17.1 Å². The Bertz CT molecular complexity index is 1620. The van der Waals surface area contributed by atoms with E-state index in [0.717, 1.165) is 38.2 Å². The molecule has 0 fully saturated rings. The molecule has 2 aromatic heterocycles. The molecule has 0 saturated carbocycles. The van der Waals surface area contributed by atoms with Crippen LogP contribution in [0.5, 0.6) is 0 Å². The van der Waals surface area contributed by atoms with Gasteiger partial charge in [-0.05, 0) is 84.1 Å². The highest BCUT2D eigenvalue weighted by Crippen LogP contribution is 2.51. The maximum absolute atomic E-state index is 5.12. The number of aryl methyl sites for hydroxylation is 1. The second kappa shape index (κ2) is 8.69. The molecule has 1 atom stereocenters. The van der Waals surface area contributed by atoms with Crippen molar-refractivity contribution in [2.24, 2.45) is 0 Å². The number of nitrogens with zero attached hydrogens (tertiary/aromatic N) is 2. The Balaban J connectivity index is 1.55. The van der Waals surface area contributed by atoms with Gasteiger partial charge < -0.3 is 0 Å². The third kappa shape index (κ3) is 3.63. The Kier molecular flexibility index (Phi) is 5.46. The van der Waals surface area contributed by atoms with E-state index < -0.39 is 0 Å². The highest BCUT2D eigenvalue weighted by atomic mass is 79.9. The van der Waals surface area contributed by atoms with Gasteiger partial charge in [0.25, 0.3) is 0 Å². The number of rotatable bonds is 4. The van der Waals surface area contributed by atoms with Crippen molar-refractivity contribution in [1.82, 2.24) is 9.97 Å². The average Bonchev–Trinajstić information content (AvgIpc) is 3.17. The van der Waals surface area contributed by atoms with Crippen LogP contribution in [0.2, 0.25) is 0 Å². The molecule has 3 heteroatoms. The van der Waals surface area contributed by atoms with E-state index in [1.54, 1.807) is 6.20 Å². The van der Waals surface area contributed by atoms with Crippen molar-refractivity contribution < 1.29 is 0 Å². The SMILES string of the molecule is C=CC1(C)c2cc(C)ccc2-c2ccc(-c3ccc(-c4ccccn4)nc3-c3ccc(Br)cc3)cc21. The summed E-state index contributed by atoms with van der Waals surface area (Å²) in [4.78, 5) is 9.65. The summed E-state index contributed by atoms with van der Waals surface area (Å²) in [5.41, 5.74) is 12.2. The van der Waals surface area contributed by atoms with Crippen LogP contribution in [0.1, 0.15) is 23.6 Å². The lowest BCUT2D eigenvalue weighted by molar-refractivity contribution is 0.749. The Morgan fingerprint density at radius 1 is 0.750 bits per heavy atom. The lowest BCUT2D eigenvalue weighted by atomic mass is 9.79. The van der Waals surface area contributed by atoms with Crippen molar-refractivity contribution in [2.75, 3.05) is 0 Å². The zero-order valence-electron chi connectivity index (χ0n) is 20.3. The molecule has 174 valence electrons. The third-order valence-electron chi connectivity index (χ3n) is 7.26. The summed E-state index contributed by atoms with van der Waals surface area (Å²) >= 11 is 3.57. The Morgan fingerprint density at radius 3 is 2.17 bits per heavy atom. The van der Waals surface area contributed by atoms with Crippen molar-refractivity contribution in [3.05, 3.63) is 131 Å². The molecule has 2 nitrogen and oxygen atoms in total. The van der Waals surface area contributed by atoms with Crippen LogP contribution >= 0.6 is 15.9 Å². The monoisotopic (exact) mass is 528 g/mol. The fourth-order valence-electron chi connectivity index (χ4n) is 5.24. The average molecular weight is 529 g/mol. The molecule has 0 amide bonds. The maximum Gasteiger partial charge on any atom is 0.0894 e. The normalized spacial score (nSPS) is 15.9. The van der Waals surface area contributed by atoms with Gasteiger partial charge in [-0.25, -0.2) is 4.98 Å². The second-order valence-electron chi connectivity index (χ2n) is 9.53. The molecule has 0 radical (unpaired) electrons. The van der Waals surface area contributed by atoms with E-state index in [1.165, 1.54) is 27.8 Å². The van der Waals surface area contributed by atoms with Gasteiger partial charge in [0.2, 0.25) is 0 Å². The van der Waals surface area contributed by atoms with Crippen molar-refractivity contribution in [2.45, 2.75) is 19.3 Å². The van der Waals surface area contributed by atoms with Crippen LogP contribution < -0.4 is 0 Å². The van der Waals surface area contributed by atoms with Crippen LogP contribution in [0.3, 0.4) is 0 Å². The Morgan fingerprint density at radius 2 is 1.44 bits per heavy atom. The van der Waals surface area contributed by atoms with E-state index in [0.29, 0.717) is 0 Å². The number of halogens is 1. The summed E-state index contributed by atoms with van der Waals surface area (Å²) in [6, 6.07) is 32.0. The molecule has 0 N–H and O–H groups in total. The standard InChI is InChI=1S/C33H25BrN2/c1-4-33(3)28-19-21(2)8-14-26(28)27-15-11-23(20-29(27)33)25-16-17-31(30-7-5-6-18-35-30)36-32(25)22-9-12-24(34)13-10-22/h4-20H,1H2,2-3H3. The highest BCUT2D eigenvalue weighted by Gasteiger charge is 2.37. The quantitative estimate of drug-likeness (QED) is 0.217. The second-order valence-corrected chi connectivity index (χ2v) is 10.4. The molecular formula is C33H25BrN2. The maximum atomic E-state index is 5.12. The molecule has 1 aliphatic rings. The first-order valence-corrected chi connectivity index (χ1v) is 12.9. The first-order chi connectivity index (χ1) is 17.5. The first kappa shape index (κ1) is 22.6. The number of fused-ring (bicyclic) bond motifs is 3. The van der Waals surface area contributed by atoms with Gasteiger partial charge in [-0.15, -0.1) is 6.58 Å². The van der Waals surface area contributed by atoms with Crippen molar-refractivity contribution in [3.8, 4) is 44.9 Å². The molecule has 0 aliphatic heterocycles. The lowest BCUT2D eigenvalue weighted by Gasteiger charge is -2.24. The van der Waals surface area contributed by atoms with Gasteiger partial charge >= 0.3 is 0 Å². The van der Waals surface area contributed by atoms with Gasteiger partial charge in [-0.3, -0.25) is 4.98 Å². The van der Waals surface area contributed by atoms with Crippen molar-refractivity contribution >= 4 is 15.9 Å². The van der Waals surface area contributed by atoms with E-state index in [9.17, 15) is 0 Å². The zero-order valence-corrected chi connectivity index (χ0v) is 21.9. The summed E-state index contributed by atoms with van der Waals surface area (Å²) in [6.07, 6.45) is 3.89. The molecule has 1 aliphatic carbocycles. The van der Waals surface area contributed by atoms with Crippen LogP contribution in [-0.4, -0.2) is 9.97 Å². The van der Waals surface area contributed by atoms with Crippen molar-refractivity contribution in [1.29, 1.82) is 0 Å². The molecule has 36 heavy (non-hydrogen) atoms. The molecular weight excluding hydrogens is 504 g/mol. The molecule has 6 rings (SSSR count). The van der Waals surface area contributed by atoms with Crippen LogP contribution in [0.4, 0.5) is 0 Å². The van der Waals surface area contributed by atoms with Gasteiger partial charge in [-0.1, -0.05) is 76.1 Å². The molecule has 5 aromatic rings. The van der Waals surface area contributed by atoms with Gasteiger partial charge in [0.15, 0.2) is 0 Å². The first-order valence-electron chi connectivity index (χ1n) is 12.1. The number of allylic oxidation sites excluding steroid dienone is 1. The number of hydrogen-bond acceptors (Lipinski definition) is 2. The molecule has 0 spiro atoms. The van der Waals surface area contributed by atoms with E-state index in [-0.39, 0.29) is 5.41 Å². The minimum absolute atomic E-state index is 0.244. The summed E-state index contributed by atoms with van der Waals surface area (Å²) in [5.74, 6) is 0. The predicted octanol–water partition coefficient (Wildman–Crippen LogP) is 9.02. The summed E-state index contributed by atoms with van der Waals surface area (Å²) in [5, 5.41) is 0. The molecule has 1 unspecified atom stereocenters. The van der Waals surface area contributed by atoms with Crippen molar-refractivity contribution in [3.63, 3.8) is 0 Å². The molecule has 3 aromatic carbocycles. The molecule has 0 bridgehead atoms. The number of hydrogen-bond donors (Lipinski definition) is 0. The fraction of sp³-hybridized carbons (Fsp3) is 0.0909. The predicted molar refractivity (Wildman–Crippen MR) is 153 cm³/mol. The van der Waals surface area contributed by atoms with E-state index >= 15 is 0 Å². The summed E-state index contributed by atoms with van der Waals surface area (Å²) in [6.45, 7) is 8.66. The van der Waals surface area contributed by atoms with Crippen LogP contribution in [0.25, 0.3) is 44.9 Å². The molecule has 2 heterocycles. The summed E-state index contributed by atoms with van der Waals surface area (Å²) < 4.78 is 1.04. The fourth-order valence-corrected chi connectivity index (χ4v) is 5.51. The number of pyridine rings is 2. The Labute approximate surface area is 220 Å².